The Bertz CT molecular complexity index is 1880. The molecule has 0 atom stereocenters. The van der Waals surface area contributed by atoms with Crippen molar-refractivity contribution in [3.05, 3.63) is 95.6 Å². The number of imidazole rings is 1. The lowest BCUT2D eigenvalue weighted by Crippen LogP contribution is -2.03. The summed E-state index contributed by atoms with van der Waals surface area (Å²) < 4.78 is 6.45. The second-order valence-electron chi connectivity index (χ2n) is 9.03. The van der Waals surface area contributed by atoms with Gasteiger partial charge in [-0.2, -0.15) is 0 Å². The van der Waals surface area contributed by atoms with Gasteiger partial charge in [0.05, 0.1) is 20.7 Å². The highest BCUT2D eigenvalue weighted by Crippen LogP contribution is 2.46. The molecule has 4 aromatic carbocycles. The van der Waals surface area contributed by atoms with Gasteiger partial charge in [-0.25, -0.2) is 4.98 Å². The van der Waals surface area contributed by atoms with E-state index in [9.17, 15) is 0 Å². The van der Waals surface area contributed by atoms with E-state index in [1.165, 1.54) is 57.5 Å². The van der Waals surface area contributed by atoms with Crippen LogP contribution in [-0.4, -0.2) is 9.55 Å². The fraction of sp³-hybridized carbons (Fsp3) is 0.100. The first-order valence-electron chi connectivity index (χ1n) is 11.5. The number of hydrogen-bond acceptors (Lipinski definition) is 3. The first kappa shape index (κ1) is 20.0. The zero-order chi connectivity index (χ0) is 23.0. The number of rotatable bonds is 2. The third-order valence-electron chi connectivity index (χ3n) is 6.83. The predicted octanol–water partition coefficient (Wildman–Crippen LogP) is 9.20. The fourth-order valence-electron chi connectivity index (χ4n) is 5.25. The van der Waals surface area contributed by atoms with Crippen molar-refractivity contribution in [1.82, 2.24) is 9.55 Å². The van der Waals surface area contributed by atoms with Crippen molar-refractivity contribution in [2.24, 2.45) is 0 Å². The number of hydrogen-bond donors (Lipinski definition) is 0. The summed E-state index contributed by atoms with van der Waals surface area (Å²) in [5.74, 6) is 1.01. The standard InChI is InChI=1S/C30H22N2S2/c1-17-9-8-10-18(2)28(17)32-24-13-6-5-12-23(24)31-29(32)21-16-26-22(15-19(21)3)27-20-11-4-7-14-25(20)33-30(27)34-26/h4-16H,1-3H3. The van der Waals surface area contributed by atoms with Gasteiger partial charge in [0.1, 0.15) is 5.82 Å². The summed E-state index contributed by atoms with van der Waals surface area (Å²) >= 11 is 3.80. The summed E-state index contributed by atoms with van der Waals surface area (Å²) in [6, 6.07) is 28.5. The summed E-state index contributed by atoms with van der Waals surface area (Å²) in [5.41, 5.74) is 8.36. The minimum Gasteiger partial charge on any atom is -0.292 e. The average molecular weight is 475 g/mol. The molecule has 2 nitrogen and oxygen atoms in total. The molecule has 0 spiro atoms. The molecule has 0 saturated heterocycles. The molecule has 0 unspecified atom stereocenters. The Hall–Kier alpha value is -3.47. The van der Waals surface area contributed by atoms with Crippen LogP contribution in [0.1, 0.15) is 16.7 Å². The highest BCUT2D eigenvalue weighted by atomic mass is 32.2. The molecule has 0 amide bonds. The van der Waals surface area contributed by atoms with Crippen LogP contribution in [0.4, 0.5) is 0 Å². The van der Waals surface area contributed by atoms with E-state index in [0.717, 1.165) is 16.9 Å². The maximum atomic E-state index is 5.17. The van der Waals surface area contributed by atoms with Gasteiger partial charge in [0, 0.05) is 31.1 Å². The summed E-state index contributed by atoms with van der Waals surface area (Å²) in [4.78, 5) is 5.17. The molecule has 3 heterocycles. The van der Waals surface area contributed by atoms with Crippen LogP contribution in [0.15, 0.2) is 78.9 Å². The Morgan fingerprint density at radius 2 is 1.41 bits per heavy atom. The SMILES string of the molecule is Cc1cc2c(cc1-c1nc3ccccc3n1-c1c(C)cccc1C)sc1sc3ccccc3c12. The topological polar surface area (TPSA) is 17.8 Å². The number of benzene rings is 4. The number of nitrogens with zero attached hydrogens (tertiary/aromatic N) is 2. The van der Waals surface area contributed by atoms with Crippen molar-refractivity contribution in [2.45, 2.75) is 20.8 Å². The highest BCUT2D eigenvalue weighted by molar-refractivity contribution is 7.44. The molecular weight excluding hydrogens is 452 g/mol. The van der Waals surface area contributed by atoms with Gasteiger partial charge >= 0.3 is 0 Å². The summed E-state index contributed by atoms with van der Waals surface area (Å²) in [7, 11) is 0. The molecule has 7 aromatic rings. The third-order valence-corrected chi connectivity index (χ3v) is 9.24. The Balaban J connectivity index is 1.56. The van der Waals surface area contributed by atoms with E-state index in [-0.39, 0.29) is 0 Å². The van der Waals surface area contributed by atoms with E-state index in [1.54, 1.807) is 0 Å². The van der Waals surface area contributed by atoms with E-state index in [2.05, 4.69) is 104 Å². The third kappa shape index (κ3) is 2.76. The van der Waals surface area contributed by atoms with E-state index in [0.29, 0.717) is 0 Å². The normalized spacial score (nSPS) is 12.0. The molecule has 4 heteroatoms. The zero-order valence-corrected chi connectivity index (χ0v) is 20.8. The molecule has 3 aromatic heterocycles. The van der Waals surface area contributed by atoms with Gasteiger partial charge in [-0.05, 0) is 67.8 Å². The lowest BCUT2D eigenvalue weighted by molar-refractivity contribution is 1.06. The molecule has 0 aliphatic carbocycles. The van der Waals surface area contributed by atoms with Crippen molar-refractivity contribution in [1.29, 1.82) is 0 Å². The Labute approximate surface area is 205 Å². The van der Waals surface area contributed by atoms with Crippen LogP contribution in [0.25, 0.3) is 57.7 Å². The maximum Gasteiger partial charge on any atom is 0.146 e. The second kappa shape index (κ2) is 7.26. The monoisotopic (exact) mass is 474 g/mol. The molecule has 0 aliphatic heterocycles. The van der Waals surface area contributed by atoms with E-state index in [1.807, 2.05) is 22.7 Å². The van der Waals surface area contributed by atoms with Crippen LogP contribution in [0.5, 0.6) is 0 Å². The minimum absolute atomic E-state index is 1.01. The van der Waals surface area contributed by atoms with E-state index in [4.69, 9.17) is 4.98 Å². The Kier molecular flexibility index (Phi) is 4.26. The van der Waals surface area contributed by atoms with Gasteiger partial charge in [0.25, 0.3) is 0 Å². The Morgan fingerprint density at radius 1 is 0.676 bits per heavy atom. The molecular formula is C30H22N2S2. The second-order valence-corrected chi connectivity index (χ2v) is 11.4. The Morgan fingerprint density at radius 3 is 2.26 bits per heavy atom. The van der Waals surface area contributed by atoms with Crippen molar-refractivity contribution in [3.63, 3.8) is 0 Å². The van der Waals surface area contributed by atoms with Crippen molar-refractivity contribution >= 4 is 63.3 Å². The largest absolute Gasteiger partial charge is 0.292 e. The van der Waals surface area contributed by atoms with E-state index >= 15 is 0 Å². The van der Waals surface area contributed by atoms with Crippen LogP contribution in [-0.2, 0) is 0 Å². The molecule has 0 aliphatic rings. The quantitative estimate of drug-likeness (QED) is 0.244. The van der Waals surface area contributed by atoms with Gasteiger partial charge in [0.15, 0.2) is 0 Å². The fourth-order valence-corrected chi connectivity index (χ4v) is 7.87. The smallest absolute Gasteiger partial charge is 0.146 e. The van der Waals surface area contributed by atoms with E-state index < -0.39 is 0 Å². The van der Waals surface area contributed by atoms with Gasteiger partial charge in [0.2, 0.25) is 0 Å². The molecule has 0 bridgehead atoms. The van der Waals surface area contributed by atoms with Crippen LogP contribution < -0.4 is 0 Å². The summed E-state index contributed by atoms with van der Waals surface area (Å²) in [6.07, 6.45) is 0. The van der Waals surface area contributed by atoms with Crippen molar-refractivity contribution < 1.29 is 0 Å². The van der Waals surface area contributed by atoms with Gasteiger partial charge in [-0.15, -0.1) is 22.7 Å². The van der Waals surface area contributed by atoms with Crippen LogP contribution in [0.2, 0.25) is 0 Å². The average Bonchev–Trinajstić information content (AvgIpc) is 3.48. The number of aromatic nitrogens is 2. The molecule has 0 N–H and O–H groups in total. The molecule has 0 saturated carbocycles. The first-order valence-corrected chi connectivity index (χ1v) is 13.1. The summed E-state index contributed by atoms with van der Waals surface area (Å²) in [5, 5.41) is 4.12. The summed E-state index contributed by atoms with van der Waals surface area (Å²) in [6.45, 7) is 6.60. The number of thiophene rings is 2. The van der Waals surface area contributed by atoms with Gasteiger partial charge < -0.3 is 0 Å². The molecule has 0 fully saturated rings. The number of fused-ring (bicyclic) bond motifs is 6. The first-order chi connectivity index (χ1) is 16.6. The molecule has 164 valence electrons. The van der Waals surface area contributed by atoms with Crippen molar-refractivity contribution in [3.8, 4) is 17.1 Å². The lowest BCUT2D eigenvalue weighted by Gasteiger charge is -2.16. The van der Waals surface area contributed by atoms with Gasteiger partial charge in [-0.1, -0.05) is 48.5 Å². The van der Waals surface area contributed by atoms with Crippen LogP contribution in [0.3, 0.4) is 0 Å². The molecule has 34 heavy (non-hydrogen) atoms. The van der Waals surface area contributed by atoms with Crippen LogP contribution in [0, 0.1) is 20.8 Å². The predicted molar refractivity (Wildman–Crippen MR) is 149 cm³/mol. The lowest BCUT2D eigenvalue weighted by atomic mass is 10.0. The number of para-hydroxylation sites is 3. The van der Waals surface area contributed by atoms with Gasteiger partial charge in [-0.3, -0.25) is 4.57 Å². The highest BCUT2D eigenvalue weighted by Gasteiger charge is 2.20. The van der Waals surface area contributed by atoms with Crippen molar-refractivity contribution in [2.75, 3.05) is 0 Å². The minimum atomic E-state index is 1.01. The molecule has 0 radical (unpaired) electrons. The molecule has 7 rings (SSSR count). The number of aryl methyl sites for hydroxylation is 3. The zero-order valence-electron chi connectivity index (χ0n) is 19.2. The maximum absolute atomic E-state index is 5.17. The van der Waals surface area contributed by atoms with Crippen LogP contribution >= 0.6 is 22.7 Å².